The molecule has 4 aromatic rings. The minimum absolute atomic E-state index is 0. The van der Waals surface area contributed by atoms with Crippen LogP contribution in [0.2, 0.25) is 0 Å². The molecule has 0 aromatic heterocycles. The number of benzene rings is 4. The first-order valence-electron chi connectivity index (χ1n) is 16.7. The molecule has 4 nitrogen and oxygen atoms in total. The Labute approximate surface area is 350 Å². The molecule has 6 radical (unpaired) electrons. The third-order valence-electron chi connectivity index (χ3n) is 2.94. The number of aryl methyl sites for hydroxylation is 1. The maximum absolute atomic E-state index is 4.25. The fourth-order valence-corrected chi connectivity index (χ4v) is 1.69. The fraction of sp³-hybridized carbons (Fsp3) is 0.500. The van der Waals surface area contributed by atoms with Crippen LogP contribution in [0.4, 0.5) is 0 Å². The molecule has 0 aliphatic rings. The molecule has 0 N–H and O–H groups in total. The Morgan fingerprint density at radius 2 is 0.315 bits per heavy atom. The summed E-state index contributed by atoms with van der Waals surface area (Å²) in [5.74, 6) is 0. The molecule has 322 valence electrons. The lowest BCUT2D eigenvalue weighted by atomic mass is 10.2. The Balaban J connectivity index is -0.0000000211. The molecule has 0 spiro atoms. The molecular formula is C48H100B2O4. The second-order valence-electron chi connectivity index (χ2n) is 6.75. The maximum Gasteiger partial charge on any atom is 0.0351 e. The van der Waals surface area contributed by atoms with Gasteiger partial charge in [-0.25, -0.2) is 0 Å². The van der Waals surface area contributed by atoms with Gasteiger partial charge < -0.3 is 18.9 Å². The standard InChI is InChI=1S/C7H8.3C6H6.4C2H6O.5C2H6.5CH4.2B/c1-7-5-3-2-4-6-7;3*1-2-4-6-5-3-1;4*1-3-2;5*1-2;;;;;;;/h2-6H,1H3;3*1-6H;4*1-2H3;5*1-2H3;5*1H4;;. The van der Waals surface area contributed by atoms with Gasteiger partial charge in [-0.1, -0.05) is 251 Å². The average molecular weight is 763 g/mol. The summed E-state index contributed by atoms with van der Waals surface area (Å²) in [5.41, 5.74) is 1.32. The highest BCUT2D eigenvalue weighted by molar-refractivity contribution is 5.76. The van der Waals surface area contributed by atoms with Gasteiger partial charge in [0.1, 0.15) is 0 Å². The van der Waals surface area contributed by atoms with Crippen molar-refractivity contribution in [1.29, 1.82) is 0 Å². The highest BCUT2D eigenvalue weighted by Crippen LogP contribution is 1.92. The Morgan fingerprint density at radius 3 is 0.370 bits per heavy atom. The summed E-state index contributed by atoms with van der Waals surface area (Å²) >= 11 is 0. The van der Waals surface area contributed by atoms with Gasteiger partial charge in [0.15, 0.2) is 0 Å². The molecule has 0 aliphatic heterocycles. The molecule has 0 fully saturated rings. The lowest BCUT2D eigenvalue weighted by Gasteiger charge is -1.82. The normalized spacial score (nSPS) is 5.69. The zero-order valence-electron chi connectivity index (χ0n) is 35.6. The molecule has 6 heteroatoms. The SMILES string of the molecule is C.C.C.C.C.CC.CC.CC.CC.CC.COC.COC.COC.COC.Cc1ccccc1.[B].[B].c1ccccc1.c1ccccc1.c1ccccc1. The van der Waals surface area contributed by atoms with Crippen LogP contribution >= 0.6 is 0 Å². The van der Waals surface area contributed by atoms with Crippen LogP contribution in [0.3, 0.4) is 0 Å². The van der Waals surface area contributed by atoms with Crippen molar-refractivity contribution in [3.8, 4) is 0 Å². The second-order valence-corrected chi connectivity index (χ2v) is 6.75. The summed E-state index contributed by atoms with van der Waals surface area (Å²) < 4.78 is 17.0. The maximum atomic E-state index is 4.25. The number of hydrogen-bond donors (Lipinski definition) is 0. The molecule has 0 atom stereocenters. The number of ether oxygens (including phenoxy) is 4. The van der Waals surface area contributed by atoms with E-state index in [0.717, 1.165) is 0 Å². The van der Waals surface area contributed by atoms with Crippen molar-refractivity contribution in [3.05, 3.63) is 145 Å². The molecule has 0 aliphatic carbocycles. The second kappa shape index (κ2) is 165. The third-order valence-corrected chi connectivity index (χ3v) is 2.94. The minimum atomic E-state index is 0. The topological polar surface area (TPSA) is 36.9 Å². The van der Waals surface area contributed by atoms with Crippen LogP contribution in [0.25, 0.3) is 0 Å². The molecule has 0 unspecified atom stereocenters. The van der Waals surface area contributed by atoms with Gasteiger partial charge >= 0.3 is 0 Å². The number of hydrogen-bond acceptors (Lipinski definition) is 4. The van der Waals surface area contributed by atoms with Gasteiger partial charge in [-0.15, -0.1) is 0 Å². The fourth-order valence-electron chi connectivity index (χ4n) is 1.69. The van der Waals surface area contributed by atoms with Crippen LogP contribution in [-0.2, 0) is 18.9 Å². The predicted octanol–water partition coefficient (Wildman–Crippen LogP) is 15.7. The monoisotopic (exact) mass is 763 g/mol. The van der Waals surface area contributed by atoms with Gasteiger partial charge in [0, 0.05) is 73.7 Å². The van der Waals surface area contributed by atoms with E-state index < -0.39 is 0 Å². The summed E-state index contributed by atoms with van der Waals surface area (Å²) in [6, 6.07) is 46.3. The van der Waals surface area contributed by atoms with Crippen LogP contribution < -0.4 is 0 Å². The van der Waals surface area contributed by atoms with Crippen molar-refractivity contribution in [3.63, 3.8) is 0 Å². The van der Waals surface area contributed by atoms with Gasteiger partial charge in [-0.2, -0.15) is 0 Å². The largest absolute Gasteiger partial charge is 0.388 e. The molecular weight excluding hydrogens is 662 g/mol. The lowest BCUT2D eigenvalue weighted by molar-refractivity contribution is 0.277. The molecule has 0 bridgehead atoms. The van der Waals surface area contributed by atoms with Crippen molar-refractivity contribution < 1.29 is 18.9 Å². The molecule has 0 amide bonds. The number of methoxy groups -OCH3 is 4. The first-order valence-corrected chi connectivity index (χ1v) is 16.7. The van der Waals surface area contributed by atoms with Gasteiger partial charge in [-0.05, 0) is 6.92 Å². The van der Waals surface area contributed by atoms with E-state index in [1.165, 1.54) is 5.56 Å². The predicted molar refractivity (Wildman–Crippen MR) is 264 cm³/mol. The van der Waals surface area contributed by atoms with E-state index in [9.17, 15) is 0 Å². The van der Waals surface area contributed by atoms with Crippen LogP contribution in [0, 0.1) is 6.92 Å². The van der Waals surface area contributed by atoms with E-state index in [0.29, 0.717) is 0 Å². The lowest BCUT2D eigenvalue weighted by Crippen LogP contribution is -1.62. The minimum Gasteiger partial charge on any atom is -0.388 e. The van der Waals surface area contributed by atoms with Crippen molar-refractivity contribution >= 4 is 16.8 Å². The highest BCUT2D eigenvalue weighted by Gasteiger charge is 1.72. The zero-order chi connectivity index (χ0) is 38.7. The highest BCUT2D eigenvalue weighted by atomic mass is 16.5. The Kier molecular flexibility index (Phi) is 318. The third kappa shape index (κ3) is 214. The zero-order valence-corrected chi connectivity index (χ0v) is 35.6. The van der Waals surface area contributed by atoms with Gasteiger partial charge in [0.05, 0.1) is 0 Å². The van der Waals surface area contributed by atoms with Crippen LogP contribution in [-0.4, -0.2) is 73.7 Å². The van der Waals surface area contributed by atoms with E-state index in [2.05, 4.69) is 38.0 Å². The van der Waals surface area contributed by atoms with Crippen molar-refractivity contribution in [2.24, 2.45) is 0 Å². The first kappa shape index (κ1) is 104. The number of rotatable bonds is 0. The average Bonchev–Trinajstić information content (AvgIpc) is 3.17. The Hall–Kier alpha value is -3.15. The van der Waals surface area contributed by atoms with Gasteiger partial charge in [0.2, 0.25) is 0 Å². The molecule has 4 aromatic carbocycles. The van der Waals surface area contributed by atoms with Gasteiger partial charge in [0.25, 0.3) is 0 Å². The molecule has 0 saturated carbocycles. The van der Waals surface area contributed by atoms with E-state index in [1.807, 2.05) is 197 Å². The molecule has 0 saturated heterocycles. The first-order chi connectivity index (χ1) is 23.1. The molecule has 54 heavy (non-hydrogen) atoms. The summed E-state index contributed by atoms with van der Waals surface area (Å²) in [7, 11) is 13.0. The van der Waals surface area contributed by atoms with Crippen molar-refractivity contribution in [2.75, 3.05) is 56.9 Å². The van der Waals surface area contributed by atoms with Crippen molar-refractivity contribution in [2.45, 2.75) is 113 Å². The Bertz CT molecular complexity index is 619. The van der Waals surface area contributed by atoms with E-state index >= 15 is 0 Å². The van der Waals surface area contributed by atoms with E-state index in [1.54, 1.807) is 56.9 Å². The van der Waals surface area contributed by atoms with Crippen LogP contribution in [0.1, 0.15) is 112 Å². The molecule has 4 rings (SSSR count). The van der Waals surface area contributed by atoms with Crippen LogP contribution in [0.15, 0.2) is 140 Å². The van der Waals surface area contributed by atoms with Crippen LogP contribution in [0.5, 0.6) is 0 Å². The smallest absolute Gasteiger partial charge is 0.0351 e. The van der Waals surface area contributed by atoms with Crippen molar-refractivity contribution in [1.82, 2.24) is 0 Å². The molecule has 0 heterocycles. The summed E-state index contributed by atoms with van der Waals surface area (Å²) in [6.45, 7) is 22.1. The van der Waals surface area contributed by atoms with E-state index in [-0.39, 0.29) is 54.0 Å². The Morgan fingerprint density at radius 1 is 0.241 bits per heavy atom. The summed E-state index contributed by atoms with van der Waals surface area (Å²) in [4.78, 5) is 0. The van der Waals surface area contributed by atoms with Gasteiger partial charge in [-0.3, -0.25) is 0 Å². The van der Waals surface area contributed by atoms with E-state index in [4.69, 9.17) is 0 Å². The summed E-state index contributed by atoms with van der Waals surface area (Å²) in [6.07, 6.45) is 0. The summed E-state index contributed by atoms with van der Waals surface area (Å²) in [5, 5.41) is 0. The quantitative estimate of drug-likeness (QED) is 0.167.